The Morgan fingerprint density at radius 1 is 0.926 bits per heavy atom. The number of rotatable bonds is 3. The second-order valence-electron chi connectivity index (χ2n) is 7.14. The van der Waals surface area contributed by atoms with Gasteiger partial charge in [0.05, 0.1) is 10.8 Å². The molecule has 6 heteroatoms. The molecule has 2 aliphatic heterocycles. The van der Waals surface area contributed by atoms with Gasteiger partial charge >= 0.3 is 0 Å². The summed E-state index contributed by atoms with van der Waals surface area (Å²) in [4.78, 5) is 14.7. The van der Waals surface area contributed by atoms with E-state index in [0.29, 0.717) is 0 Å². The quantitative estimate of drug-likeness (QED) is 0.869. The van der Waals surface area contributed by atoms with Crippen LogP contribution in [0, 0.1) is 11.6 Å². The van der Waals surface area contributed by atoms with Crippen LogP contribution in [0.25, 0.3) is 0 Å². The molecule has 0 aromatic heterocycles. The van der Waals surface area contributed by atoms with Crippen molar-refractivity contribution in [3.63, 3.8) is 0 Å². The maximum atomic E-state index is 13.4. The van der Waals surface area contributed by atoms with Crippen LogP contribution >= 0.6 is 11.8 Å². The van der Waals surface area contributed by atoms with E-state index in [1.54, 1.807) is 36.0 Å². The van der Waals surface area contributed by atoms with E-state index >= 15 is 0 Å². The first-order chi connectivity index (χ1) is 13.1. The summed E-state index contributed by atoms with van der Waals surface area (Å²) in [6.07, 6.45) is 1.56. The first-order valence-corrected chi connectivity index (χ1v) is 10.2. The van der Waals surface area contributed by atoms with Crippen LogP contribution in [-0.2, 0) is 4.79 Å². The van der Waals surface area contributed by atoms with Gasteiger partial charge in [-0.15, -0.1) is 11.8 Å². The van der Waals surface area contributed by atoms with Crippen LogP contribution in [0.4, 0.5) is 8.78 Å². The first-order valence-electron chi connectivity index (χ1n) is 9.25. The van der Waals surface area contributed by atoms with Gasteiger partial charge < -0.3 is 5.32 Å². The Bertz CT molecular complexity index is 756. The van der Waals surface area contributed by atoms with Gasteiger partial charge in [-0.1, -0.05) is 24.3 Å². The molecule has 142 valence electrons. The van der Waals surface area contributed by atoms with E-state index < -0.39 is 0 Å². The highest BCUT2D eigenvalue weighted by Gasteiger charge is 2.44. The van der Waals surface area contributed by atoms with E-state index in [2.05, 4.69) is 10.2 Å². The van der Waals surface area contributed by atoms with Crippen LogP contribution in [0.2, 0.25) is 0 Å². The molecule has 4 rings (SSSR count). The van der Waals surface area contributed by atoms with Crippen molar-refractivity contribution in [1.29, 1.82) is 0 Å². The van der Waals surface area contributed by atoms with Crippen LogP contribution in [0.1, 0.15) is 30.0 Å². The van der Waals surface area contributed by atoms with Gasteiger partial charge in [-0.05, 0) is 48.2 Å². The van der Waals surface area contributed by atoms with Crippen molar-refractivity contribution >= 4 is 17.7 Å². The Morgan fingerprint density at radius 2 is 1.44 bits per heavy atom. The van der Waals surface area contributed by atoms with E-state index in [1.807, 2.05) is 0 Å². The molecule has 0 saturated carbocycles. The number of nitrogens with one attached hydrogen (secondary N) is 1. The second kappa shape index (κ2) is 7.60. The number of hydrogen-bond acceptors (Lipinski definition) is 3. The molecule has 27 heavy (non-hydrogen) atoms. The topological polar surface area (TPSA) is 32.3 Å². The Balaban J connectivity index is 1.60. The van der Waals surface area contributed by atoms with E-state index in [1.165, 1.54) is 24.3 Å². The van der Waals surface area contributed by atoms with E-state index in [4.69, 9.17) is 0 Å². The van der Waals surface area contributed by atoms with Crippen LogP contribution in [-0.4, -0.2) is 40.9 Å². The Hall–Kier alpha value is -1.92. The molecule has 2 aromatic rings. The normalized spacial score (nSPS) is 20.0. The molecule has 0 bridgehead atoms. The Labute approximate surface area is 162 Å². The summed E-state index contributed by atoms with van der Waals surface area (Å²) in [6, 6.07) is 12.9. The third-order valence-corrected chi connectivity index (χ3v) is 7.08. The summed E-state index contributed by atoms with van der Waals surface area (Å²) >= 11 is 1.77. The number of halogens is 2. The van der Waals surface area contributed by atoms with Crippen LogP contribution < -0.4 is 5.32 Å². The monoisotopic (exact) mass is 388 g/mol. The highest BCUT2D eigenvalue weighted by Crippen LogP contribution is 2.41. The molecule has 3 nitrogen and oxygen atoms in total. The number of hydrogen-bond donors (Lipinski definition) is 1. The zero-order valence-corrected chi connectivity index (χ0v) is 15.8. The molecule has 2 saturated heterocycles. The number of nitrogens with zero attached hydrogens (tertiary/aromatic N) is 1. The summed E-state index contributed by atoms with van der Waals surface area (Å²) in [5, 5.41) is 3.00. The number of likely N-dealkylation sites (tertiary alicyclic amines) is 1. The number of carbonyl (C=O) groups excluding carboxylic acids is 1. The third-order valence-electron chi connectivity index (χ3n) is 5.52. The minimum atomic E-state index is -0.328. The maximum absolute atomic E-state index is 13.4. The largest absolute Gasteiger partial charge is 0.354 e. The van der Waals surface area contributed by atoms with E-state index in [-0.39, 0.29) is 28.3 Å². The van der Waals surface area contributed by atoms with Gasteiger partial charge in [0, 0.05) is 25.4 Å². The van der Waals surface area contributed by atoms with Crippen LogP contribution in [0.3, 0.4) is 0 Å². The molecular weight excluding hydrogens is 366 g/mol. The molecule has 2 fully saturated rings. The smallest absolute Gasteiger partial charge is 0.236 e. The summed E-state index contributed by atoms with van der Waals surface area (Å²) in [6.45, 7) is 2.27. The molecular formula is C21H22F2N2OS. The number of piperidine rings is 1. The summed E-state index contributed by atoms with van der Waals surface area (Å²) in [7, 11) is 0. The molecule has 2 heterocycles. The number of carbonyl (C=O) groups is 1. The molecule has 1 spiro atoms. The van der Waals surface area contributed by atoms with Gasteiger partial charge in [-0.2, -0.15) is 0 Å². The third kappa shape index (κ3) is 3.73. The zero-order valence-electron chi connectivity index (χ0n) is 15.0. The van der Waals surface area contributed by atoms with Gasteiger partial charge in [0.2, 0.25) is 5.91 Å². The Morgan fingerprint density at radius 3 is 1.93 bits per heavy atom. The average molecular weight is 388 g/mol. The molecule has 0 radical (unpaired) electrons. The highest BCUT2D eigenvalue weighted by molar-refractivity contribution is 8.01. The summed E-state index contributed by atoms with van der Waals surface area (Å²) in [5.41, 5.74) is 1.94. The minimum Gasteiger partial charge on any atom is -0.354 e. The van der Waals surface area contributed by atoms with Crippen molar-refractivity contribution in [1.82, 2.24) is 10.2 Å². The van der Waals surface area contributed by atoms with Crippen molar-refractivity contribution in [2.75, 3.05) is 25.4 Å². The van der Waals surface area contributed by atoms with Crippen LogP contribution in [0.15, 0.2) is 48.5 Å². The average Bonchev–Trinajstić information content (AvgIpc) is 2.69. The van der Waals surface area contributed by atoms with Crippen molar-refractivity contribution in [3.05, 3.63) is 71.3 Å². The minimum absolute atomic E-state index is 0.0831. The summed E-state index contributed by atoms with van der Waals surface area (Å²) < 4.78 is 26.5. The molecule has 1 amide bonds. The molecule has 0 unspecified atom stereocenters. The fourth-order valence-electron chi connectivity index (χ4n) is 4.06. The van der Waals surface area contributed by atoms with Gasteiger partial charge in [-0.25, -0.2) is 8.78 Å². The molecule has 2 aliphatic rings. The van der Waals surface area contributed by atoms with E-state index in [9.17, 15) is 13.6 Å². The molecule has 0 atom stereocenters. The van der Waals surface area contributed by atoms with Gasteiger partial charge in [-0.3, -0.25) is 9.69 Å². The predicted octanol–water partition coefficient (Wildman–Crippen LogP) is 3.75. The lowest BCUT2D eigenvalue weighted by Gasteiger charge is -2.45. The van der Waals surface area contributed by atoms with Crippen molar-refractivity contribution in [2.24, 2.45) is 0 Å². The van der Waals surface area contributed by atoms with Crippen molar-refractivity contribution in [2.45, 2.75) is 23.6 Å². The molecule has 2 aromatic carbocycles. The first kappa shape index (κ1) is 18.4. The maximum Gasteiger partial charge on any atom is 0.236 e. The van der Waals surface area contributed by atoms with Crippen LogP contribution in [0.5, 0.6) is 0 Å². The Kier molecular flexibility index (Phi) is 5.19. The van der Waals surface area contributed by atoms with E-state index in [0.717, 1.165) is 49.4 Å². The lowest BCUT2D eigenvalue weighted by molar-refractivity contribution is -0.125. The lowest BCUT2D eigenvalue weighted by Crippen LogP contribution is -2.55. The number of benzene rings is 2. The summed E-state index contributed by atoms with van der Waals surface area (Å²) in [5.74, 6) is 0.554. The SMILES string of the molecule is O=C1NCCSC12CCN(C(c1ccc(F)cc1)c1ccc(F)cc1)CC2. The van der Waals surface area contributed by atoms with Crippen molar-refractivity contribution in [3.8, 4) is 0 Å². The fourth-order valence-corrected chi connectivity index (χ4v) is 5.33. The zero-order chi connectivity index (χ0) is 18.9. The van der Waals surface area contributed by atoms with Gasteiger partial charge in [0.25, 0.3) is 0 Å². The molecule has 1 N–H and O–H groups in total. The predicted molar refractivity (Wildman–Crippen MR) is 104 cm³/mol. The lowest BCUT2D eigenvalue weighted by atomic mass is 9.90. The highest BCUT2D eigenvalue weighted by atomic mass is 32.2. The number of amides is 1. The van der Waals surface area contributed by atoms with Crippen molar-refractivity contribution < 1.29 is 13.6 Å². The second-order valence-corrected chi connectivity index (χ2v) is 8.62. The standard InChI is InChI=1S/C21H22F2N2OS/c22-17-5-1-15(2-6-17)19(16-3-7-18(23)8-4-16)25-12-9-21(10-13-25)20(26)24-11-14-27-21/h1-8,19H,9-14H2,(H,24,26). The fraction of sp³-hybridized carbons (Fsp3) is 0.381. The molecule has 0 aliphatic carbocycles. The number of thioether (sulfide) groups is 1. The van der Waals surface area contributed by atoms with Gasteiger partial charge in [0.15, 0.2) is 0 Å². The van der Waals surface area contributed by atoms with Gasteiger partial charge in [0.1, 0.15) is 11.6 Å².